The van der Waals surface area contributed by atoms with E-state index in [-0.39, 0.29) is 6.01 Å². The quantitative estimate of drug-likeness (QED) is 0.390. The van der Waals surface area contributed by atoms with Crippen LogP contribution in [0.3, 0.4) is 0 Å². The summed E-state index contributed by atoms with van der Waals surface area (Å²) in [5, 5.41) is 0. The number of hydrogen-bond donors (Lipinski definition) is 0. The molecule has 4 rings (SSSR count). The van der Waals surface area contributed by atoms with E-state index in [1.54, 1.807) is 30.3 Å². The maximum Gasteiger partial charge on any atom is 0.322 e. The minimum atomic E-state index is 0.253. The largest absolute Gasteiger partial charge is 0.439 e. The minimum absolute atomic E-state index is 0.253. The Morgan fingerprint density at radius 1 is 0.484 bits per heavy atom. The summed E-state index contributed by atoms with van der Waals surface area (Å²) in [5.41, 5.74) is 3.35. The van der Waals surface area contributed by atoms with Gasteiger partial charge in [-0.3, -0.25) is 0 Å². The van der Waals surface area contributed by atoms with Gasteiger partial charge in [0.2, 0.25) is 11.8 Å². The van der Waals surface area contributed by atoms with Crippen molar-refractivity contribution in [1.82, 2.24) is 19.9 Å². The molecule has 0 fully saturated rings. The third-order valence-corrected chi connectivity index (χ3v) is 4.19. The van der Waals surface area contributed by atoms with Crippen LogP contribution < -0.4 is 14.2 Å². The van der Waals surface area contributed by atoms with Gasteiger partial charge in [-0.25, -0.2) is 19.9 Å². The zero-order chi connectivity index (χ0) is 21.8. The van der Waals surface area contributed by atoms with Crippen molar-refractivity contribution in [3.05, 3.63) is 83.4 Å². The second-order valence-electron chi connectivity index (χ2n) is 7.11. The SMILES string of the molecule is Cc1cccc(Oc2cc(Oc3cccc(C)n3)cc(Oc3nc(C)cc(C)n3)c2)n1. The van der Waals surface area contributed by atoms with Crippen molar-refractivity contribution in [1.29, 1.82) is 0 Å². The molecular formula is C24H22N4O3. The molecule has 0 bridgehead atoms. The maximum atomic E-state index is 5.95. The molecule has 0 aliphatic carbocycles. The highest BCUT2D eigenvalue weighted by Crippen LogP contribution is 2.34. The highest BCUT2D eigenvalue weighted by molar-refractivity contribution is 5.45. The molecule has 0 N–H and O–H groups in total. The van der Waals surface area contributed by atoms with Gasteiger partial charge in [0.15, 0.2) is 0 Å². The lowest BCUT2D eigenvalue weighted by molar-refractivity contribution is 0.413. The van der Waals surface area contributed by atoms with Gasteiger partial charge in [0.25, 0.3) is 0 Å². The first kappa shape index (κ1) is 20.3. The number of nitrogens with zero attached hydrogens (tertiary/aromatic N) is 4. The fourth-order valence-corrected chi connectivity index (χ4v) is 2.96. The van der Waals surface area contributed by atoms with Crippen LogP contribution in [0.25, 0.3) is 0 Å². The molecule has 7 heteroatoms. The predicted molar refractivity (Wildman–Crippen MR) is 116 cm³/mol. The first-order valence-electron chi connectivity index (χ1n) is 9.81. The van der Waals surface area contributed by atoms with E-state index in [9.17, 15) is 0 Å². The summed E-state index contributed by atoms with van der Waals surface area (Å²) >= 11 is 0. The number of aryl methyl sites for hydroxylation is 4. The third-order valence-electron chi connectivity index (χ3n) is 4.19. The monoisotopic (exact) mass is 414 g/mol. The lowest BCUT2D eigenvalue weighted by Crippen LogP contribution is -1.97. The van der Waals surface area contributed by atoms with Gasteiger partial charge in [0, 0.05) is 53.1 Å². The van der Waals surface area contributed by atoms with Crippen molar-refractivity contribution >= 4 is 0 Å². The van der Waals surface area contributed by atoms with Crippen LogP contribution in [0.4, 0.5) is 0 Å². The van der Waals surface area contributed by atoms with Crippen LogP contribution in [0.2, 0.25) is 0 Å². The van der Waals surface area contributed by atoms with Crippen LogP contribution in [0.5, 0.6) is 35.0 Å². The highest BCUT2D eigenvalue weighted by atomic mass is 16.5. The molecule has 0 radical (unpaired) electrons. The Hall–Kier alpha value is -4.00. The molecule has 1 aromatic carbocycles. The van der Waals surface area contributed by atoms with Gasteiger partial charge < -0.3 is 14.2 Å². The van der Waals surface area contributed by atoms with E-state index in [1.807, 2.05) is 58.0 Å². The fraction of sp³-hybridized carbons (Fsp3) is 0.167. The average Bonchev–Trinajstić information content (AvgIpc) is 2.67. The zero-order valence-corrected chi connectivity index (χ0v) is 17.8. The van der Waals surface area contributed by atoms with E-state index in [4.69, 9.17) is 14.2 Å². The van der Waals surface area contributed by atoms with Gasteiger partial charge in [-0.15, -0.1) is 0 Å². The topological polar surface area (TPSA) is 79.2 Å². The smallest absolute Gasteiger partial charge is 0.322 e. The van der Waals surface area contributed by atoms with Gasteiger partial charge >= 0.3 is 6.01 Å². The van der Waals surface area contributed by atoms with Crippen molar-refractivity contribution in [3.63, 3.8) is 0 Å². The molecule has 3 aromatic heterocycles. The number of rotatable bonds is 6. The number of ether oxygens (including phenoxy) is 3. The maximum absolute atomic E-state index is 5.95. The van der Waals surface area contributed by atoms with Crippen LogP contribution in [-0.2, 0) is 0 Å². The van der Waals surface area contributed by atoms with Gasteiger partial charge in [-0.05, 0) is 45.9 Å². The van der Waals surface area contributed by atoms with Crippen molar-refractivity contribution in [2.45, 2.75) is 27.7 Å². The molecule has 7 nitrogen and oxygen atoms in total. The molecule has 0 aliphatic rings. The van der Waals surface area contributed by atoms with E-state index < -0.39 is 0 Å². The molecule has 4 aromatic rings. The van der Waals surface area contributed by atoms with Gasteiger partial charge in [-0.2, -0.15) is 0 Å². The summed E-state index contributed by atoms with van der Waals surface area (Å²) in [5.74, 6) is 2.42. The molecule has 0 unspecified atom stereocenters. The molecule has 0 aliphatic heterocycles. The van der Waals surface area contributed by atoms with Crippen molar-refractivity contribution < 1.29 is 14.2 Å². The van der Waals surface area contributed by atoms with Gasteiger partial charge in [0.1, 0.15) is 17.2 Å². The molecule has 0 saturated carbocycles. The molecule has 0 saturated heterocycles. The summed E-state index contributed by atoms with van der Waals surface area (Å²) < 4.78 is 17.8. The van der Waals surface area contributed by atoms with Crippen LogP contribution in [0, 0.1) is 27.7 Å². The van der Waals surface area contributed by atoms with E-state index in [0.717, 1.165) is 22.8 Å². The Labute approximate surface area is 180 Å². The second kappa shape index (κ2) is 8.79. The number of pyridine rings is 2. The number of benzene rings is 1. The van der Waals surface area contributed by atoms with E-state index in [2.05, 4.69) is 19.9 Å². The van der Waals surface area contributed by atoms with Gasteiger partial charge in [0.05, 0.1) is 0 Å². The van der Waals surface area contributed by atoms with Crippen LogP contribution in [0.1, 0.15) is 22.8 Å². The van der Waals surface area contributed by atoms with E-state index in [1.165, 1.54) is 0 Å². The lowest BCUT2D eigenvalue weighted by atomic mass is 10.3. The summed E-state index contributed by atoms with van der Waals surface area (Å²) in [7, 11) is 0. The average molecular weight is 414 g/mol. The molecule has 3 heterocycles. The van der Waals surface area contributed by atoms with E-state index >= 15 is 0 Å². The standard InChI is InChI=1S/C24H22N4O3/c1-15-7-5-9-22(25-15)29-19-12-20(30-23-10-6-8-16(2)26-23)14-21(13-19)31-24-27-17(3)11-18(4)28-24/h5-14H,1-4H3. The Balaban J connectivity index is 1.68. The molecule has 0 spiro atoms. The molecule has 156 valence electrons. The zero-order valence-electron chi connectivity index (χ0n) is 17.8. The Morgan fingerprint density at radius 2 is 0.935 bits per heavy atom. The summed E-state index contributed by atoms with van der Waals surface area (Å²) in [4.78, 5) is 17.5. The first-order valence-corrected chi connectivity index (χ1v) is 9.81. The number of hydrogen-bond acceptors (Lipinski definition) is 7. The first-order chi connectivity index (χ1) is 14.9. The summed E-state index contributed by atoms with van der Waals surface area (Å²) in [6, 6.07) is 18.5. The van der Waals surface area contributed by atoms with Crippen molar-refractivity contribution in [2.24, 2.45) is 0 Å². The third kappa shape index (κ3) is 5.54. The molecule has 31 heavy (non-hydrogen) atoms. The summed E-state index contributed by atoms with van der Waals surface area (Å²) in [6.07, 6.45) is 0. The fourth-order valence-electron chi connectivity index (χ4n) is 2.96. The van der Waals surface area contributed by atoms with Crippen molar-refractivity contribution in [3.8, 4) is 35.0 Å². The van der Waals surface area contributed by atoms with E-state index in [0.29, 0.717) is 29.0 Å². The molecule has 0 atom stereocenters. The van der Waals surface area contributed by atoms with Crippen LogP contribution >= 0.6 is 0 Å². The summed E-state index contributed by atoms with van der Waals surface area (Å²) in [6.45, 7) is 7.59. The Kier molecular flexibility index (Phi) is 5.75. The second-order valence-corrected chi connectivity index (χ2v) is 7.11. The van der Waals surface area contributed by atoms with Crippen molar-refractivity contribution in [2.75, 3.05) is 0 Å². The Morgan fingerprint density at radius 3 is 1.39 bits per heavy atom. The molecule has 0 amide bonds. The number of aromatic nitrogens is 4. The van der Waals surface area contributed by atoms with Crippen LogP contribution in [0.15, 0.2) is 60.7 Å². The van der Waals surface area contributed by atoms with Crippen LogP contribution in [-0.4, -0.2) is 19.9 Å². The predicted octanol–water partition coefficient (Wildman–Crippen LogP) is 5.88. The normalized spacial score (nSPS) is 10.6. The lowest BCUT2D eigenvalue weighted by Gasteiger charge is -2.12. The Bertz CT molecular complexity index is 1140. The minimum Gasteiger partial charge on any atom is -0.439 e. The molecular weight excluding hydrogens is 392 g/mol. The highest BCUT2D eigenvalue weighted by Gasteiger charge is 2.11. The van der Waals surface area contributed by atoms with Gasteiger partial charge in [-0.1, -0.05) is 12.1 Å².